The second-order valence-electron chi connectivity index (χ2n) is 9.34. The Morgan fingerprint density at radius 3 is 2.66 bits per heavy atom. The molecule has 3 aromatic rings. The molecule has 10 heteroatoms. The van der Waals surface area contributed by atoms with Gasteiger partial charge in [-0.25, -0.2) is 18.6 Å². The van der Waals surface area contributed by atoms with Gasteiger partial charge < -0.3 is 18.8 Å². The maximum Gasteiger partial charge on any atom is 0.344 e. The number of fused-ring (bicyclic) bond motifs is 2. The number of ether oxygens (including phenoxy) is 3. The van der Waals surface area contributed by atoms with Crippen LogP contribution in [-0.4, -0.2) is 43.2 Å². The van der Waals surface area contributed by atoms with E-state index in [1.54, 1.807) is 34.9 Å². The fraction of sp³-hybridized carbons (Fsp3) is 0.320. The van der Waals surface area contributed by atoms with E-state index in [4.69, 9.17) is 14.2 Å². The molecule has 0 saturated heterocycles. The van der Waals surface area contributed by atoms with Crippen molar-refractivity contribution in [1.29, 1.82) is 5.26 Å². The van der Waals surface area contributed by atoms with Gasteiger partial charge in [-0.2, -0.15) is 5.26 Å². The van der Waals surface area contributed by atoms with Gasteiger partial charge in [0, 0.05) is 32.4 Å². The fourth-order valence-electron chi connectivity index (χ4n) is 3.62. The van der Waals surface area contributed by atoms with Crippen LogP contribution in [0.3, 0.4) is 0 Å². The Labute approximate surface area is 202 Å². The molecule has 1 aliphatic rings. The number of benzene rings is 2. The zero-order valence-electron chi connectivity index (χ0n) is 19.7. The standard InChI is InChI=1S/C25H25F2N3O4Si/c1-35(2,3)9-8-32-15-30-20-10-16(13-28)21(33-14-23(26)27)11-19(20)29-24(30)12-22-17-6-4-5-7-18(17)25(31)34-22/h4-7,10-12,23H,8-9,14-15H2,1-3H3. The average molecular weight is 498 g/mol. The van der Waals surface area contributed by atoms with Gasteiger partial charge in [0.05, 0.1) is 22.2 Å². The molecular weight excluding hydrogens is 472 g/mol. The SMILES string of the molecule is C[Si](C)(C)CCOCn1c(C=C2OC(=O)c3ccccc32)nc2cc(OCC(F)F)c(C#N)cc21. The van der Waals surface area contributed by atoms with Crippen LogP contribution < -0.4 is 4.74 Å². The highest BCUT2D eigenvalue weighted by molar-refractivity contribution is 6.76. The highest BCUT2D eigenvalue weighted by Crippen LogP contribution is 2.33. The smallest absolute Gasteiger partial charge is 0.344 e. The molecule has 7 nitrogen and oxygen atoms in total. The number of halogens is 2. The van der Waals surface area contributed by atoms with Gasteiger partial charge >= 0.3 is 5.97 Å². The second-order valence-corrected chi connectivity index (χ2v) is 15.0. The number of nitriles is 1. The number of alkyl halides is 2. The van der Waals surface area contributed by atoms with E-state index in [1.807, 2.05) is 12.1 Å². The van der Waals surface area contributed by atoms with Crippen LogP contribution in [0.15, 0.2) is 36.4 Å². The first-order valence-corrected chi connectivity index (χ1v) is 14.8. The van der Waals surface area contributed by atoms with Gasteiger partial charge in [-0.15, -0.1) is 0 Å². The maximum atomic E-state index is 12.7. The normalized spacial score (nSPS) is 14.4. The Bertz CT molecular complexity index is 1340. The van der Waals surface area contributed by atoms with Crippen LogP contribution in [0.25, 0.3) is 22.9 Å². The fourth-order valence-corrected chi connectivity index (χ4v) is 4.38. The Balaban J connectivity index is 1.76. The molecule has 0 unspecified atom stereocenters. The quantitative estimate of drug-likeness (QED) is 0.219. The van der Waals surface area contributed by atoms with Crippen molar-refractivity contribution >= 4 is 36.9 Å². The monoisotopic (exact) mass is 497 g/mol. The van der Waals surface area contributed by atoms with Gasteiger partial charge in [0.25, 0.3) is 6.43 Å². The first kappa shape index (κ1) is 24.6. The summed E-state index contributed by atoms with van der Waals surface area (Å²) in [5.74, 6) is 0.359. The molecule has 0 aliphatic carbocycles. The van der Waals surface area contributed by atoms with Gasteiger partial charge in [-0.3, -0.25) is 0 Å². The van der Waals surface area contributed by atoms with E-state index >= 15 is 0 Å². The van der Waals surface area contributed by atoms with Crippen LogP contribution in [0.5, 0.6) is 5.75 Å². The molecule has 0 atom stereocenters. The van der Waals surface area contributed by atoms with Gasteiger partial charge in [-0.05, 0) is 18.2 Å². The number of esters is 1. The number of hydrogen-bond acceptors (Lipinski definition) is 6. The Kier molecular flexibility index (Phi) is 7.00. The van der Waals surface area contributed by atoms with Crippen molar-refractivity contribution in [1.82, 2.24) is 9.55 Å². The first-order chi connectivity index (χ1) is 16.7. The van der Waals surface area contributed by atoms with Crippen molar-refractivity contribution in [2.75, 3.05) is 13.2 Å². The summed E-state index contributed by atoms with van der Waals surface area (Å²) in [4.78, 5) is 16.9. The summed E-state index contributed by atoms with van der Waals surface area (Å²) in [5.41, 5.74) is 2.23. The molecule has 0 fully saturated rings. The van der Waals surface area contributed by atoms with Crippen molar-refractivity contribution in [3.63, 3.8) is 0 Å². The lowest BCUT2D eigenvalue weighted by Gasteiger charge is -2.16. The highest BCUT2D eigenvalue weighted by Gasteiger charge is 2.27. The van der Waals surface area contributed by atoms with E-state index in [1.165, 1.54) is 6.07 Å². The van der Waals surface area contributed by atoms with E-state index in [0.29, 0.717) is 40.4 Å². The van der Waals surface area contributed by atoms with Crippen LogP contribution in [0.2, 0.25) is 25.7 Å². The number of nitrogens with zero attached hydrogens (tertiary/aromatic N) is 3. The first-order valence-electron chi connectivity index (χ1n) is 11.1. The minimum Gasteiger partial charge on any atom is -0.486 e. The predicted octanol–water partition coefficient (Wildman–Crippen LogP) is 5.53. The largest absolute Gasteiger partial charge is 0.486 e. The lowest BCUT2D eigenvalue weighted by molar-refractivity contribution is 0.0716. The van der Waals surface area contributed by atoms with Gasteiger partial charge in [0.2, 0.25) is 0 Å². The van der Waals surface area contributed by atoms with E-state index in [9.17, 15) is 18.8 Å². The van der Waals surface area contributed by atoms with Crippen LogP contribution in [0.4, 0.5) is 8.78 Å². The number of carbonyl (C=O) groups excluding carboxylic acids is 1. The van der Waals surface area contributed by atoms with Crippen molar-refractivity contribution in [3.05, 3.63) is 58.9 Å². The third-order valence-corrected chi connectivity index (χ3v) is 7.16. The molecule has 4 rings (SSSR count). The van der Waals surface area contributed by atoms with Gasteiger partial charge in [0.15, 0.2) is 0 Å². The third kappa shape index (κ3) is 5.58. The summed E-state index contributed by atoms with van der Waals surface area (Å²) < 4.78 is 43.7. The summed E-state index contributed by atoms with van der Waals surface area (Å²) in [6.07, 6.45) is -1.04. The summed E-state index contributed by atoms with van der Waals surface area (Å²) in [6, 6.07) is 13.0. The van der Waals surface area contributed by atoms with E-state index < -0.39 is 27.1 Å². The third-order valence-electron chi connectivity index (χ3n) is 5.46. The number of cyclic esters (lactones) is 1. The van der Waals surface area contributed by atoms with Crippen molar-refractivity contribution < 1.29 is 27.8 Å². The molecule has 2 heterocycles. The van der Waals surface area contributed by atoms with Crippen LogP contribution >= 0.6 is 0 Å². The zero-order valence-corrected chi connectivity index (χ0v) is 20.7. The number of carbonyl (C=O) groups is 1. The summed E-state index contributed by atoms with van der Waals surface area (Å²) in [7, 11) is -1.30. The van der Waals surface area contributed by atoms with Crippen molar-refractivity contribution in [2.24, 2.45) is 0 Å². The Hall–Kier alpha value is -3.55. The molecule has 182 valence electrons. The Morgan fingerprint density at radius 1 is 1.23 bits per heavy atom. The summed E-state index contributed by atoms with van der Waals surface area (Å²) in [5, 5.41) is 9.57. The van der Waals surface area contributed by atoms with Crippen LogP contribution in [-0.2, 0) is 16.2 Å². The van der Waals surface area contributed by atoms with Crippen molar-refractivity contribution in [3.8, 4) is 11.8 Å². The van der Waals surface area contributed by atoms with Gasteiger partial charge in [0.1, 0.15) is 36.7 Å². The van der Waals surface area contributed by atoms with E-state index in [-0.39, 0.29) is 18.0 Å². The minimum absolute atomic E-state index is 0.0291. The van der Waals surface area contributed by atoms with Gasteiger partial charge in [-0.1, -0.05) is 37.8 Å². The molecule has 0 saturated carbocycles. The molecular formula is C25H25F2N3O4Si. The average Bonchev–Trinajstić information content (AvgIpc) is 3.30. The molecule has 0 amide bonds. The lowest BCUT2D eigenvalue weighted by atomic mass is 10.1. The number of imidazole rings is 1. The molecule has 35 heavy (non-hydrogen) atoms. The molecule has 0 radical (unpaired) electrons. The molecule has 0 N–H and O–H groups in total. The summed E-state index contributed by atoms with van der Waals surface area (Å²) >= 11 is 0. The van der Waals surface area contributed by atoms with E-state index in [2.05, 4.69) is 24.6 Å². The molecule has 0 bridgehead atoms. The summed E-state index contributed by atoms with van der Waals surface area (Å²) in [6.45, 7) is 6.65. The number of hydrogen-bond donors (Lipinski definition) is 0. The number of rotatable bonds is 9. The molecule has 1 aliphatic heterocycles. The predicted molar refractivity (Wildman–Crippen MR) is 130 cm³/mol. The second kappa shape index (κ2) is 9.97. The minimum atomic E-state index is -2.67. The van der Waals surface area contributed by atoms with Crippen LogP contribution in [0.1, 0.15) is 27.3 Å². The molecule has 0 spiro atoms. The van der Waals surface area contributed by atoms with Crippen LogP contribution in [0, 0.1) is 11.3 Å². The number of aromatic nitrogens is 2. The molecule has 1 aromatic heterocycles. The zero-order chi connectivity index (χ0) is 25.2. The van der Waals surface area contributed by atoms with Crippen molar-refractivity contribution in [2.45, 2.75) is 38.8 Å². The Morgan fingerprint density at radius 2 is 1.97 bits per heavy atom. The lowest BCUT2D eigenvalue weighted by Crippen LogP contribution is -2.22. The van der Waals surface area contributed by atoms with E-state index in [0.717, 1.165) is 6.04 Å². The molecule has 2 aromatic carbocycles. The topological polar surface area (TPSA) is 86.4 Å². The highest BCUT2D eigenvalue weighted by atomic mass is 28.3. The maximum absolute atomic E-state index is 12.7.